The van der Waals surface area contributed by atoms with E-state index in [0.29, 0.717) is 6.42 Å². The van der Waals surface area contributed by atoms with Crippen LogP contribution in [0.15, 0.2) is 48.7 Å². The van der Waals surface area contributed by atoms with Gasteiger partial charge in [-0.25, -0.2) is 9.59 Å². The Labute approximate surface area is 180 Å². The van der Waals surface area contributed by atoms with Gasteiger partial charge in [-0.1, -0.05) is 75.9 Å². The average molecular weight is 449 g/mol. The summed E-state index contributed by atoms with van der Waals surface area (Å²) in [4.78, 5) is 42.9. The normalized spacial score (nSPS) is 25.1. The predicted octanol–water partition coefficient (Wildman–Crippen LogP) is 4.20. The van der Waals surface area contributed by atoms with Gasteiger partial charge in [-0.15, -0.1) is 0 Å². The van der Waals surface area contributed by atoms with Crippen LogP contribution in [0, 0.1) is 11.8 Å². The highest BCUT2D eigenvalue weighted by atomic mass is 28.3. The van der Waals surface area contributed by atoms with E-state index >= 15 is 0 Å². The van der Waals surface area contributed by atoms with Gasteiger partial charge < -0.3 is 9.47 Å². The summed E-state index contributed by atoms with van der Waals surface area (Å²) in [6, 6.07) is 0. The molecule has 0 radical (unpaired) electrons. The zero-order chi connectivity index (χ0) is 23.1. The number of cyclic esters (lactones) is 4. The quantitative estimate of drug-likeness (QED) is 0.211. The molecule has 164 valence electrons. The Morgan fingerprint density at radius 2 is 1.50 bits per heavy atom. The molecule has 0 amide bonds. The van der Waals surface area contributed by atoms with Crippen LogP contribution in [0.5, 0.6) is 0 Å². The lowest BCUT2D eigenvalue weighted by Gasteiger charge is -2.33. The third-order valence-corrected chi connectivity index (χ3v) is 8.36. The molecule has 6 nitrogen and oxygen atoms in total. The summed E-state index contributed by atoms with van der Waals surface area (Å²) in [6.45, 7) is 17.2. The molecule has 1 fully saturated rings. The minimum Gasteiger partial charge on any atom is -0.393 e. The highest BCUT2D eigenvalue weighted by molar-refractivity contribution is 6.81. The molecule has 0 saturated carbocycles. The van der Waals surface area contributed by atoms with E-state index in [-0.39, 0.29) is 29.3 Å². The van der Waals surface area contributed by atoms with E-state index in [1.165, 1.54) is 0 Å². The van der Waals surface area contributed by atoms with Gasteiger partial charge >= 0.3 is 23.9 Å². The maximum absolute atomic E-state index is 11.6. The van der Waals surface area contributed by atoms with E-state index in [1.54, 1.807) is 0 Å². The zero-order valence-electron chi connectivity index (χ0n) is 18.6. The van der Waals surface area contributed by atoms with Crippen molar-refractivity contribution in [2.75, 3.05) is 0 Å². The first-order valence-corrected chi connectivity index (χ1v) is 17.1. The first-order valence-electron chi connectivity index (χ1n) is 9.92. The molecule has 0 aromatic heterocycles. The van der Waals surface area contributed by atoms with Crippen molar-refractivity contribution in [3.63, 3.8) is 0 Å². The summed E-state index contributed by atoms with van der Waals surface area (Å²) in [5, 5.41) is 0. The van der Waals surface area contributed by atoms with E-state index < -0.39 is 28.1 Å². The van der Waals surface area contributed by atoms with Crippen LogP contribution in [0.25, 0.3) is 0 Å². The summed E-state index contributed by atoms with van der Waals surface area (Å²) in [5.41, 5.74) is 2.51. The van der Waals surface area contributed by atoms with Gasteiger partial charge in [0.15, 0.2) is 0 Å². The average Bonchev–Trinajstić information content (AvgIpc) is 3.14. The standard InChI is InChI=1S/C11H16O3Si.C7H14Si.C4H2O3/c1-15(2,3)8-6-4-5-7-9(8)11(13)14-10(7)12;1-5-6-7-8(2,3)4;5-3-1-2-4(6)7-3/h4,6-9H,5H2,1-3H3;5-7H,1H2,2-4H3;1-2H/b;7-6+;/t7-,8+,9-;;/m0../s1. The first kappa shape index (κ1) is 25.7. The Hall–Kier alpha value is -2.33. The second-order valence-electron chi connectivity index (χ2n) is 9.46. The SMILES string of the molecule is C=C/C=C/[Si](C)(C)C.C[Si](C)(C)[C@@H]1C=CC[C@@H]2C(=O)OC(=O)[C@@H]21.O=C1C=CC(=O)O1. The summed E-state index contributed by atoms with van der Waals surface area (Å²) in [5.74, 6) is -2.19. The predicted molar refractivity (Wildman–Crippen MR) is 122 cm³/mol. The number of esters is 4. The molecule has 1 saturated heterocycles. The molecule has 0 unspecified atom stereocenters. The number of allylic oxidation sites excluding steroid dienone is 4. The van der Waals surface area contributed by atoms with Crippen molar-refractivity contribution in [2.45, 2.75) is 51.2 Å². The number of carbonyl (C=O) groups is 4. The van der Waals surface area contributed by atoms with Crippen LogP contribution in [0.4, 0.5) is 0 Å². The highest BCUT2D eigenvalue weighted by Gasteiger charge is 2.51. The summed E-state index contributed by atoms with van der Waals surface area (Å²) < 4.78 is 8.71. The first-order chi connectivity index (χ1) is 13.8. The maximum Gasteiger partial charge on any atom is 0.338 e. The van der Waals surface area contributed by atoms with Gasteiger partial charge in [0, 0.05) is 12.2 Å². The lowest BCUT2D eigenvalue weighted by Crippen LogP contribution is -2.38. The molecule has 8 heteroatoms. The molecule has 3 aliphatic rings. The second kappa shape index (κ2) is 10.6. The van der Waals surface area contributed by atoms with Crippen LogP contribution < -0.4 is 0 Å². The largest absolute Gasteiger partial charge is 0.393 e. The Balaban J connectivity index is 0.000000253. The maximum atomic E-state index is 11.6. The van der Waals surface area contributed by atoms with Gasteiger partial charge in [0.2, 0.25) is 0 Å². The monoisotopic (exact) mass is 448 g/mol. The Morgan fingerprint density at radius 1 is 0.933 bits per heavy atom. The molecular formula is C22H32O6Si2. The van der Waals surface area contributed by atoms with Crippen LogP contribution in [-0.2, 0) is 28.7 Å². The molecule has 0 bridgehead atoms. The Bertz CT molecular complexity index is 764. The molecule has 3 rings (SSSR count). The van der Waals surface area contributed by atoms with E-state index in [4.69, 9.17) is 4.74 Å². The fraction of sp³-hybridized carbons (Fsp3) is 0.455. The van der Waals surface area contributed by atoms with Crippen LogP contribution in [0.3, 0.4) is 0 Å². The molecule has 0 aromatic carbocycles. The molecular weight excluding hydrogens is 416 g/mol. The third-order valence-electron chi connectivity index (χ3n) is 4.62. The van der Waals surface area contributed by atoms with Crippen molar-refractivity contribution in [3.05, 3.63) is 48.7 Å². The van der Waals surface area contributed by atoms with Gasteiger partial charge in [-0.05, 0) is 12.0 Å². The summed E-state index contributed by atoms with van der Waals surface area (Å²) in [7, 11) is -2.38. The van der Waals surface area contributed by atoms with Crippen molar-refractivity contribution in [1.82, 2.24) is 0 Å². The summed E-state index contributed by atoms with van der Waals surface area (Å²) in [6.07, 6.45) is 10.8. The molecule has 0 aromatic rings. The highest BCUT2D eigenvalue weighted by Crippen LogP contribution is 2.45. The lowest BCUT2D eigenvalue weighted by atomic mass is 9.84. The van der Waals surface area contributed by atoms with Gasteiger partial charge in [-0.2, -0.15) is 0 Å². The zero-order valence-corrected chi connectivity index (χ0v) is 20.6. The van der Waals surface area contributed by atoms with Gasteiger partial charge in [0.25, 0.3) is 0 Å². The molecule has 1 aliphatic carbocycles. The number of hydrogen-bond donors (Lipinski definition) is 0. The minimum absolute atomic E-state index is 0.200. The number of fused-ring (bicyclic) bond motifs is 1. The van der Waals surface area contributed by atoms with Gasteiger partial charge in [-0.3, -0.25) is 9.59 Å². The number of rotatable bonds is 3. The topological polar surface area (TPSA) is 86.7 Å². The van der Waals surface area contributed by atoms with Crippen LogP contribution in [-0.4, -0.2) is 40.0 Å². The van der Waals surface area contributed by atoms with Crippen molar-refractivity contribution in [1.29, 1.82) is 0 Å². The van der Waals surface area contributed by atoms with E-state index in [1.807, 2.05) is 18.2 Å². The Morgan fingerprint density at radius 3 is 1.87 bits per heavy atom. The molecule has 2 aliphatic heterocycles. The van der Waals surface area contributed by atoms with Crippen molar-refractivity contribution < 1.29 is 28.7 Å². The fourth-order valence-corrected chi connectivity index (χ4v) is 6.04. The Kier molecular flexibility index (Phi) is 9.11. The number of hydrogen-bond acceptors (Lipinski definition) is 6. The molecule has 0 spiro atoms. The van der Waals surface area contributed by atoms with E-state index in [9.17, 15) is 19.2 Å². The molecule has 3 atom stereocenters. The molecule has 0 N–H and O–H groups in total. The van der Waals surface area contributed by atoms with Gasteiger partial charge in [0.1, 0.15) is 0 Å². The number of ether oxygens (including phenoxy) is 2. The minimum atomic E-state index is -1.45. The van der Waals surface area contributed by atoms with Crippen LogP contribution in [0.1, 0.15) is 6.42 Å². The van der Waals surface area contributed by atoms with Crippen LogP contribution >= 0.6 is 0 Å². The smallest absolute Gasteiger partial charge is 0.338 e. The second-order valence-corrected chi connectivity index (χ2v) is 19.9. The summed E-state index contributed by atoms with van der Waals surface area (Å²) >= 11 is 0. The van der Waals surface area contributed by atoms with E-state index in [2.05, 4.69) is 62.4 Å². The van der Waals surface area contributed by atoms with Crippen molar-refractivity contribution in [2.24, 2.45) is 11.8 Å². The lowest BCUT2D eigenvalue weighted by molar-refractivity contribution is -0.154. The fourth-order valence-electron chi connectivity index (χ4n) is 3.17. The van der Waals surface area contributed by atoms with Gasteiger partial charge in [0.05, 0.1) is 28.0 Å². The number of carbonyl (C=O) groups excluding carboxylic acids is 4. The molecule has 30 heavy (non-hydrogen) atoms. The molecule has 2 heterocycles. The van der Waals surface area contributed by atoms with Crippen molar-refractivity contribution in [3.8, 4) is 0 Å². The third kappa shape index (κ3) is 8.19. The van der Waals surface area contributed by atoms with E-state index in [0.717, 1.165) is 12.2 Å². The van der Waals surface area contributed by atoms with Crippen LogP contribution in [0.2, 0.25) is 44.8 Å². The van der Waals surface area contributed by atoms with Crippen molar-refractivity contribution >= 4 is 40.0 Å².